The van der Waals surface area contributed by atoms with Gasteiger partial charge in [-0.3, -0.25) is 14.3 Å². The van der Waals surface area contributed by atoms with Crippen LogP contribution in [0, 0.1) is 0 Å². The number of pyridine rings is 1. The van der Waals surface area contributed by atoms with Gasteiger partial charge in [0.2, 0.25) is 5.56 Å². The van der Waals surface area contributed by atoms with Gasteiger partial charge in [-0.2, -0.15) is 5.10 Å². The predicted molar refractivity (Wildman–Crippen MR) is 87.3 cm³/mol. The number of hydrogen-bond donors (Lipinski definition) is 1. The van der Waals surface area contributed by atoms with E-state index in [9.17, 15) is 9.59 Å². The van der Waals surface area contributed by atoms with Crippen LogP contribution >= 0.6 is 0 Å². The van der Waals surface area contributed by atoms with Gasteiger partial charge >= 0.3 is 0 Å². The molecule has 23 heavy (non-hydrogen) atoms. The summed E-state index contributed by atoms with van der Waals surface area (Å²) >= 11 is 0. The second-order valence-corrected chi connectivity index (χ2v) is 6.04. The molecule has 1 unspecified atom stereocenters. The predicted octanol–water partition coefficient (Wildman–Crippen LogP) is 2.04. The van der Waals surface area contributed by atoms with Gasteiger partial charge in [0.15, 0.2) is 0 Å². The minimum atomic E-state index is -0.212. The van der Waals surface area contributed by atoms with Crippen LogP contribution in [0.2, 0.25) is 0 Å². The molecule has 0 aliphatic carbocycles. The fourth-order valence-electron chi connectivity index (χ4n) is 3.32. The molecule has 3 heterocycles. The first kappa shape index (κ1) is 15.5. The number of nitrogens with zero attached hydrogens (tertiary/aromatic N) is 3. The lowest BCUT2D eigenvalue weighted by molar-refractivity contribution is 0.0730. The molecule has 1 N–H and O–H groups in total. The zero-order chi connectivity index (χ0) is 16.4. The fraction of sp³-hybridized carbons (Fsp3) is 0.471. The Morgan fingerprint density at radius 2 is 2.26 bits per heavy atom. The molecular formula is C17H22N4O2. The fourth-order valence-corrected chi connectivity index (χ4v) is 3.32. The molecule has 0 aromatic carbocycles. The number of aromatic nitrogens is 3. The van der Waals surface area contributed by atoms with Gasteiger partial charge in [-0.05, 0) is 31.4 Å². The molecule has 1 aliphatic heterocycles. The summed E-state index contributed by atoms with van der Waals surface area (Å²) in [5.74, 6) is -0.0721. The molecule has 0 bridgehead atoms. The third-order valence-corrected chi connectivity index (χ3v) is 4.38. The Bertz CT molecular complexity index is 762. The molecule has 2 aromatic rings. The second-order valence-electron chi connectivity index (χ2n) is 6.04. The standard InChI is InChI=1S/C17H22N4O2/c1-3-5-13-10-12(11-16(22)19-13)17(23)21-9-4-6-15(21)14-7-8-18-20(14)2/h7-8,10-11,15H,3-6,9H2,1-2H3,(H,19,22). The number of hydrogen-bond acceptors (Lipinski definition) is 3. The number of carbonyl (C=O) groups is 1. The molecule has 0 saturated carbocycles. The summed E-state index contributed by atoms with van der Waals surface area (Å²) in [5.41, 5.74) is 2.12. The van der Waals surface area contributed by atoms with Crippen molar-refractivity contribution in [3.63, 3.8) is 0 Å². The van der Waals surface area contributed by atoms with Crippen LogP contribution < -0.4 is 5.56 Å². The highest BCUT2D eigenvalue weighted by Crippen LogP contribution is 2.32. The van der Waals surface area contributed by atoms with Crippen molar-refractivity contribution in [1.29, 1.82) is 0 Å². The van der Waals surface area contributed by atoms with Crippen molar-refractivity contribution in [1.82, 2.24) is 19.7 Å². The molecule has 122 valence electrons. The lowest BCUT2D eigenvalue weighted by Gasteiger charge is -2.25. The first-order valence-corrected chi connectivity index (χ1v) is 8.12. The highest BCUT2D eigenvalue weighted by atomic mass is 16.2. The number of H-pyrrole nitrogens is 1. The molecule has 6 nitrogen and oxygen atoms in total. The maximum Gasteiger partial charge on any atom is 0.254 e. The van der Waals surface area contributed by atoms with Crippen LogP contribution in [0.5, 0.6) is 0 Å². The van der Waals surface area contributed by atoms with Gasteiger partial charge in [0.25, 0.3) is 5.91 Å². The number of nitrogens with one attached hydrogen (secondary N) is 1. The van der Waals surface area contributed by atoms with Gasteiger partial charge in [-0.25, -0.2) is 0 Å². The third kappa shape index (κ3) is 3.06. The van der Waals surface area contributed by atoms with Gasteiger partial charge in [-0.1, -0.05) is 13.3 Å². The Balaban J connectivity index is 1.90. The number of likely N-dealkylation sites (tertiary alicyclic amines) is 1. The van der Waals surface area contributed by atoms with E-state index in [0.29, 0.717) is 12.1 Å². The highest BCUT2D eigenvalue weighted by molar-refractivity contribution is 5.94. The minimum absolute atomic E-state index is 0.0314. The summed E-state index contributed by atoms with van der Waals surface area (Å²) < 4.78 is 1.82. The van der Waals surface area contributed by atoms with Gasteiger partial charge in [0.1, 0.15) is 0 Å². The normalized spacial score (nSPS) is 17.7. The van der Waals surface area contributed by atoms with E-state index in [1.807, 2.05) is 35.7 Å². The Labute approximate surface area is 135 Å². The number of aromatic amines is 1. The zero-order valence-electron chi connectivity index (χ0n) is 13.6. The molecular weight excluding hydrogens is 292 g/mol. The lowest BCUT2D eigenvalue weighted by Crippen LogP contribution is -2.32. The molecule has 2 aromatic heterocycles. The third-order valence-electron chi connectivity index (χ3n) is 4.38. The molecule has 3 rings (SSSR count). The Morgan fingerprint density at radius 3 is 2.96 bits per heavy atom. The van der Waals surface area contributed by atoms with Crippen LogP contribution in [0.3, 0.4) is 0 Å². The largest absolute Gasteiger partial charge is 0.330 e. The summed E-state index contributed by atoms with van der Waals surface area (Å²) in [6.07, 6.45) is 5.34. The first-order chi connectivity index (χ1) is 11.1. The molecule has 1 fully saturated rings. The summed E-state index contributed by atoms with van der Waals surface area (Å²) in [5, 5.41) is 4.20. The van der Waals surface area contributed by atoms with E-state index in [0.717, 1.165) is 37.1 Å². The average molecular weight is 314 g/mol. The van der Waals surface area contributed by atoms with Crippen molar-refractivity contribution >= 4 is 5.91 Å². The van der Waals surface area contributed by atoms with Crippen LogP contribution in [0.15, 0.2) is 29.2 Å². The summed E-state index contributed by atoms with van der Waals surface area (Å²) in [7, 11) is 1.89. The van der Waals surface area contributed by atoms with Crippen LogP contribution in [0.25, 0.3) is 0 Å². The summed E-state index contributed by atoms with van der Waals surface area (Å²) in [6.45, 7) is 2.76. The van der Waals surface area contributed by atoms with E-state index >= 15 is 0 Å². The number of rotatable bonds is 4. The van der Waals surface area contributed by atoms with Crippen LogP contribution in [0.1, 0.15) is 54.0 Å². The number of carbonyl (C=O) groups excluding carboxylic acids is 1. The first-order valence-electron chi connectivity index (χ1n) is 8.12. The van der Waals surface area contributed by atoms with Crippen molar-refractivity contribution < 1.29 is 4.79 Å². The molecule has 0 spiro atoms. The van der Waals surface area contributed by atoms with Gasteiger partial charge in [0, 0.05) is 37.1 Å². The molecule has 1 aliphatic rings. The Hall–Kier alpha value is -2.37. The van der Waals surface area contributed by atoms with Gasteiger partial charge < -0.3 is 9.88 Å². The van der Waals surface area contributed by atoms with E-state index in [1.165, 1.54) is 6.07 Å². The average Bonchev–Trinajstić information content (AvgIpc) is 3.14. The molecule has 1 saturated heterocycles. The van der Waals surface area contributed by atoms with E-state index in [1.54, 1.807) is 6.20 Å². The van der Waals surface area contributed by atoms with Crippen LogP contribution in [-0.2, 0) is 13.5 Å². The van der Waals surface area contributed by atoms with Crippen molar-refractivity contribution in [3.8, 4) is 0 Å². The number of aryl methyl sites for hydroxylation is 2. The molecule has 1 atom stereocenters. The smallest absolute Gasteiger partial charge is 0.254 e. The van der Waals surface area contributed by atoms with E-state index in [2.05, 4.69) is 10.1 Å². The summed E-state index contributed by atoms with van der Waals surface area (Å²) in [4.78, 5) is 29.4. The molecule has 0 radical (unpaired) electrons. The molecule has 6 heteroatoms. The SMILES string of the molecule is CCCc1cc(C(=O)N2CCCC2c2ccnn2C)cc(=O)[nH]1. The maximum absolute atomic E-state index is 12.9. The van der Waals surface area contributed by atoms with Crippen molar-refractivity contribution in [2.24, 2.45) is 7.05 Å². The van der Waals surface area contributed by atoms with Crippen LogP contribution in [0.4, 0.5) is 0 Å². The van der Waals surface area contributed by atoms with Gasteiger partial charge in [0.05, 0.1) is 11.7 Å². The zero-order valence-corrected chi connectivity index (χ0v) is 13.6. The van der Waals surface area contributed by atoms with E-state index in [-0.39, 0.29) is 17.5 Å². The van der Waals surface area contributed by atoms with Crippen molar-refractivity contribution in [3.05, 3.63) is 51.7 Å². The maximum atomic E-state index is 12.9. The van der Waals surface area contributed by atoms with Crippen LogP contribution in [-0.4, -0.2) is 32.1 Å². The topological polar surface area (TPSA) is 71.0 Å². The van der Waals surface area contributed by atoms with Gasteiger partial charge in [-0.15, -0.1) is 0 Å². The highest BCUT2D eigenvalue weighted by Gasteiger charge is 2.32. The van der Waals surface area contributed by atoms with E-state index < -0.39 is 0 Å². The van der Waals surface area contributed by atoms with Crippen molar-refractivity contribution in [2.45, 2.75) is 38.6 Å². The summed E-state index contributed by atoms with van der Waals surface area (Å²) in [6, 6.07) is 5.20. The Kier molecular flexibility index (Phi) is 4.32. The number of amides is 1. The quantitative estimate of drug-likeness (QED) is 0.938. The second kappa shape index (κ2) is 6.40. The minimum Gasteiger partial charge on any atom is -0.330 e. The van der Waals surface area contributed by atoms with E-state index in [4.69, 9.17) is 0 Å². The monoisotopic (exact) mass is 314 g/mol. The molecule has 1 amide bonds. The Morgan fingerprint density at radius 1 is 1.43 bits per heavy atom. The van der Waals surface area contributed by atoms with Crippen molar-refractivity contribution in [2.75, 3.05) is 6.54 Å². The lowest BCUT2D eigenvalue weighted by atomic mass is 10.1.